The summed E-state index contributed by atoms with van der Waals surface area (Å²) in [7, 11) is 0. The van der Waals surface area contributed by atoms with Gasteiger partial charge in [-0.25, -0.2) is 4.79 Å². The fourth-order valence-corrected chi connectivity index (χ4v) is 5.28. The molecule has 164 valence electrons. The number of anilines is 1. The molecule has 0 saturated heterocycles. The van der Waals surface area contributed by atoms with Crippen LogP contribution in [0.4, 0.5) is 5.00 Å². The number of carbonyl (C=O) groups is 2. The van der Waals surface area contributed by atoms with E-state index in [9.17, 15) is 9.59 Å². The number of esters is 1. The second-order valence-electron chi connectivity index (χ2n) is 7.17. The summed E-state index contributed by atoms with van der Waals surface area (Å²) in [6.07, 6.45) is 7.31. The van der Waals surface area contributed by atoms with Crippen LogP contribution in [0.5, 0.6) is 0 Å². The Labute approximate surface area is 188 Å². The molecule has 1 N–H and O–H groups in total. The van der Waals surface area contributed by atoms with Crippen molar-refractivity contribution in [2.45, 2.75) is 50.2 Å². The van der Waals surface area contributed by atoms with E-state index in [-0.39, 0.29) is 18.3 Å². The van der Waals surface area contributed by atoms with E-state index in [1.165, 1.54) is 42.4 Å². The predicted molar refractivity (Wildman–Crippen MR) is 119 cm³/mol. The van der Waals surface area contributed by atoms with E-state index >= 15 is 0 Å². The molecule has 4 rings (SSSR count). The number of nitrogens with zero attached hydrogens (tertiary/aromatic N) is 3. The number of thiophene rings is 1. The third-order valence-electron chi connectivity index (χ3n) is 5.09. The maximum Gasteiger partial charge on any atom is 0.341 e. The number of rotatable bonds is 8. The number of carbonyl (C=O) groups excluding carboxylic acids is 2. The number of nitrogens with one attached hydrogen (secondary N) is 1. The molecule has 10 heteroatoms. The first-order chi connectivity index (χ1) is 15.2. The lowest BCUT2D eigenvalue weighted by atomic mass is 9.95. The molecule has 31 heavy (non-hydrogen) atoms. The van der Waals surface area contributed by atoms with Gasteiger partial charge < -0.3 is 14.5 Å². The van der Waals surface area contributed by atoms with Crippen LogP contribution in [-0.2, 0) is 9.53 Å². The quantitative estimate of drug-likeness (QED) is 0.372. The van der Waals surface area contributed by atoms with Crippen molar-refractivity contribution in [1.29, 1.82) is 0 Å². The molecule has 0 atom stereocenters. The van der Waals surface area contributed by atoms with Crippen LogP contribution in [0.3, 0.4) is 0 Å². The van der Waals surface area contributed by atoms with Gasteiger partial charge in [-0.2, -0.15) is 0 Å². The van der Waals surface area contributed by atoms with Gasteiger partial charge in [0.1, 0.15) is 5.00 Å². The molecule has 1 saturated carbocycles. The highest BCUT2D eigenvalue weighted by molar-refractivity contribution is 7.99. The Kier molecular flexibility index (Phi) is 7.08. The monoisotopic (exact) mass is 460 g/mol. The molecule has 3 heterocycles. The molecule has 3 aromatic rings. The van der Waals surface area contributed by atoms with Crippen molar-refractivity contribution in [2.24, 2.45) is 0 Å². The van der Waals surface area contributed by atoms with E-state index in [4.69, 9.17) is 9.15 Å². The highest BCUT2D eigenvalue weighted by atomic mass is 32.2. The van der Waals surface area contributed by atoms with Crippen LogP contribution in [0.15, 0.2) is 39.4 Å². The van der Waals surface area contributed by atoms with Gasteiger partial charge in [-0.3, -0.25) is 9.36 Å². The van der Waals surface area contributed by atoms with Gasteiger partial charge in [0.15, 0.2) is 10.9 Å². The second-order valence-corrected chi connectivity index (χ2v) is 9.02. The largest absolute Gasteiger partial charge is 0.462 e. The number of hydrogen-bond donors (Lipinski definition) is 1. The van der Waals surface area contributed by atoms with Gasteiger partial charge in [-0.1, -0.05) is 31.0 Å². The van der Waals surface area contributed by atoms with Gasteiger partial charge in [0, 0.05) is 6.04 Å². The molecule has 1 amide bonds. The van der Waals surface area contributed by atoms with Crippen molar-refractivity contribution >= 4 is 40.0 Å². The molecule has 0 aliphatic heterocycles. The number of amides is 1. The summed E-state index contributed by atoms with van der Waals surface area (Å²) < 4.78 is 12.7. The normalized spacial score (nSPS) is 14.5. The maximum absolute atomic E-state index is 12.6. The van der Waals surface area contributed by atoms with E-state index in [0.717, 1.165) is 12.8 Å². The molecule has 0 radical (unpaired) electrons. The minimum Gasteiger partial charge on any atom is -0.462 e. The van der Waals surface area contributed by atoms with Crippen molar-refractivity contribution in [3.8, 4) is 11.6 Å². The second kappa shape index (κ2) is 10.1. The first-order valence-corrected chi connectivity index (χ1v) is 12.2. The zero-order valence-corrected chi connectivity index (χ0v) is 18.8. The molecule has 8 nitrogen and oxygen atoms in total. The highest BCUT2D eigenvalue weighted by Gasteiger charge is 2.25. The zero-order chi connectivity index (χ0) is 21.6. The Morgan fingerprint density at radius 3 is 2.87 bits per heavy atom. The molecule has 0 bridgehead atoms. The number of furan rings is 1. The average molecular weight is 461 g/mol. The van der Waals surface area contributed by atoms with Gasteiger partial charge in [0.25, 0.3) is 0 Å². The maximum atomic E-state index is 12.6. The minimum atomic E-state index is -0.438. The summed E-state index contributed by atoms with van der Waals surface area (Å²) in [5.41, 5.74) is 0.371. The lowest BCUT2D eigenvalue weighted by molar-refractivity contribution is -0.113. The van der Waals surface area contributed by atoms with Gasteiger partial charge in [-0.15, -0.1) is 21.5 Å². The molecule has 3 aromatic heterocycles. The van der Waals surface area contributed by atoms with E-state index in [0.29, 0.717) is 33.3 Å². The first kappa shape index (κ1) is 21.6. The zero-order valence-electron chi connectivity index (χ0n) is 17.2. The number of hydrogen-bond acceptors (Lipinski definition) is 8. The minimum absolute atomic E-state index is 0.156. The molecule has 0 aromatic carbocycles. The van der Waals surface area contributed by atoms with E-state index in [2.05, 4.69) is 20.1 Å². The SMILES string of the molecule is CCOC(=O)c1ccsc1NC(=O)CSc1nnc(-c2ccco2)n1C1CCCCC1. The predicted octanol–water partition coefficient (Wildman–Crippen LogP) is 5.01. The summed E-state index contributed by atoms with van der Waals surface area (Å²) in [5.74, 6) is 0.876. The Morgan fingerprint density at radius 1 is 1.29 bits per heavy atom. The van der Waals surface area contributed by atoms with Crippen molar-refractivity contribution in [3.63, 3.8) is 0 Å². The van der Waals surface area contributed by atoms with E-state index in [1.54, 1.807) is 24.6 Å². The van der Waals surface area contributed by atoms with Crippen LogP contribution in [0, 0.1) is 0 Å². The van der Waals surface area contributed by atoms with Gasteiger partial charge in [0.05, 0.1) is 24.2 Å². The molecule has 1 aliphatic rings. The summed E-state index contributed by atoms with van der Waals surface area (Å²) in [6, 6.07) is 5.65. The molecule has 0 spiro atoms. The standard InChI is InChI=1S/C21H24N4O4S2/c1-2-28-20(27)15-10-12-30-19(15)22-17(26)13-31-21-24-23-18(16-9-6-11-29-16)25(21)14-7-4-3-5-8-14/h6,9-12,14H,2-5,7-8,13H2,1H3,(H,22,26). The Bertz CT molecular complexity index is 1020. The highest BCUT2D eigenvalue weighted by Crippen LogP contribution is 2.35. The van der Waals surface area contributed by atoms with Crippen LogP contribution >= 0.6 is 23.1 Å². The smallest absolute Gasteiger partial charge is 0.341 e. The first-order valence-electron chi connectivity index (χ1n) is 10.3. The van der Waals surface area contributed by atoms with Crippen LogP contribution in [0.1, 0.15) is 55.4 Å². The molecular weight excluding hydrogens is 436 g/mol. The fourth-order valence-electron chi connectivity index (χ4n) is 3.69. The van der Waals surface area contributed by atoms with Crippen molar-refractivity contribution < 1.29 is 18.7 Å². The van der Waals surface area contributed by atoms with Gasteiger partial charge in [0.2, 0.25) is 11.7 Å². The fraction of sp³-hybridized carbons (Fsp3) is 0.429. The average Bonchev–Trinajstić information content (AvgIpc) is 3.53. The Hall–Kier alpha value is -2.59. The molecule has 0 unspecified atom stereocenters. The molecule has 1 fully saturated rings. The van der Waals surface area contributed by atoms with Crippen LogP contribution in [0.2, 0.25) is 0 Å². The third kappa shape index (κ3) is 5.01. The van der Waals surface area contributed by atoms with Gasteiger partial charge >= 0.3 is 5.97 Å². The van der Waals surface area contributed by atoms with Crippen molar-refractivity contribution in [1.82, 2.24) is 14.8 Å². The number of aromatic nitrogens is 3. The number of ether oxygens (including phenoxy) is 1. The topological polar surface area (TPSA) is 99.2 Å². The lowest BCUT2D eigenvalue weighted by Gasteiger charge is -2.25. The van der Waals surface area contributed by atoms with Crippen molar-refractivity contribution in [3.05, 3.63) is 35.4 Å². The van der Waals surface area contributed by atoms with Crippen LogP contribution < -0.4 is 5.32 Å². The Morgan fingerprint density at radius 2 is 2.13 bits per heavy atom. The van der Waals surface area contributed by atoms with Crippen LogP contribution in [0.25, 0.3) is 11.6 Å². The summed E-state index contributed by atoms with van der Waals surface area (Å²) in [4.78, 5) is 24.6. The summed E-state index contributed by atoms with van der Waals surface area (Å²) in [6.45, 7) is 2.03. The third-order valence-corrected chi connectivity index (χ3v) is 6.86. The number of thioether (sulfide) groups is 1. The summed E-state index contributed by atoms with van der Waals surface area (Å²) in [5, 5.41) is 14.5. The van der Waals surface area contributed by atoms with E-state index in [1.807, 2.05) is 12.1 Å². The molecule has 1 aliphatic carbocycles. The van der Waals surface area contributed by atoms with Crippen molar-refractivity contribution in [2.75, 3.05) is 17.7 Å². The molecular formula is C21H24N4O4S2. The summed E-state index contributed by atoms with van der Waals surface area (Å²) >= 11 is 2.63. The lowest BCUT2D eigenvalue weighted by Crippen LogP contribution is -2.18. The van der Waals surface area contributed by atoms with Crippen LogP contribution in [-0.4, -0.2) is 39.0 Å². The Balaban J connectivity index is 1.47. The van der Waals surface area contributed by atoms with Gasteiger partial charge in [-0.05, 0) is 43.3 Å². The van der Waals surface area contributed by atoms with E-state index < -0.39 is 5.97 Å².